The molecule has 15 N–H and O–H groups in total. The molecule has 1 saturated heterocycles. The van der Waals surface area contributed by atoms with Crippen LogP contribution in [0.15, 0.2) is 72.9 Å². The Hall–Kier alpha value is -11.1. The normalized spacial score (nSPS) is 19.5. The Morgan fingerprint density at radius 2 is 1.04 bits per heavy atom. The van der Waals surface area contributed by atoms with Gasteiger partial charge >= 0.3 is 30.3 Å². The first-order valence-corrected chi connectivity index (χ1v) is 40.8. The van der Waals surface area contributed by atoms with Crippen LogP contribution in [0.3, 0.4) is 0 Å². The highest BCUT2D eigenvalue weighted by molar-refractivity contribution is 6.31. The third kappa shape index (κ3) is 39.3. The number of nitrogens with one attached hydrogen (secondary N) is 13. The van der Waals surface area contributed by atoms with Crippen LogP contribution < -0.4 is 73.9 Å². The van der Waals surface area contributed by atoms with Gasteiger partial charge in [-0.1, -0.05) is 75.2 Å². The second-order valence-electron chi connectivity index (χ2n) is 33.9. The van der Waals surface area contributed by atoms with Crippen molar-refractivity contribution in [1.82, 2.24) is 74.1 Å². The van der Waals surface area contributed by atoms with E-state index >= 15 is 19.2 Å². The second kappa shape index (κ2) is 48.4. The van der Waals surface area contributed by atoms with Gasteiger partial charge in [-0.25, -0.2) is 29.0 Å². The highest BCUT2D eigenvalue weighted by atomic mass is 35.5. The smallest absolute Gasteiger partial charge is 0.407 e. The summed E-state index contributed by atoms with van der Waals surface area (Å²) in [5.41, 5.74) is -3.56. The molecule has 1 fully saturated rings. The van der Waals surface area contributed by atoms with Crippen LogP contribution in [0.1, 0.15) is 208 Å². The van der Waals surface area contributed by atoms with Gasteiger partial charge in [0.05, 0.1) is 29.9 Å². The maximum absolute atomic E-state index is 15.5. The average molecular weight is 1720 g/mol. The van der Waals surface area contributed by atoms with Gasteiger partial charge < -0.3 is 103 Å². The fourth-order valence-electron chi connectivity index (χ4n) is 12.0. The van der Waals surface area contributed by atoms with E-state index in [4.69, 9.17) is 35.3 Å². The molecule has 4 rings (SSSR count). The third-order valence-corrected chi connectivity index (χ3v) is 18.0. The summed E-state index contributed by atoms with van der Waals surface area (Å²) in [6.45, 7) is 24.5. The Morgan fingerprint density at radius 1 is 0.529 bits per heavy atom. The lowest BCUT2D eigenvalue weighted by molar-refractivity contribution is -0.136. The van der Waals surface area contributed by atoms with Crippen molar-refractivity contribution in [1.29, 1.82) is 0 Å². The first-order chi connectivity index (χ1) is 56.4. The molecule has 1 aromatic heterocycles. The van der Waals surface area contributed by atoms with E-state index < -0.39 is 242 Å². The summed E-state index contributed by atoms with van der Waals surface area (Å²) < 4.78 is 27.0. The Kier molecular flexibility index (Phi) is 40.9. The van der Waals surface area contributed by atoms with E-state index in [1.54, 1.807) is 140 Å². The summed E-state index contributed by atoms with van der Waals surface area (Å²) in [6.07, 6.45) is -10.1. The maximum Gasteiger partial charge on any atom is 0.407 e. The van der Waals surface area contributed by atoms with Gasteiger partial charge in [-0.15, -0.1) is 0 Å². The third-order valence-electron chi connectivity index (χ3n) is 17.8. The van der Waals surface area contributed by atoms with Gasteiger partial charge in [0, 0.05) is 86.7 Å². The molecule has 0 radical (unpaired) electrons. The molecule has 0 aliphatic carbocycles. The highest BCUT2D eigenvalue weighted by Crippen LogP contribution is 2.22. The van der Waals surface area contributed by atoms with Crippen LogP contribution in [0.5, 0.6) is 5.88 Å². The zero-order chi connectivity index (χ0) is 90.9. The van der Waals surface area contributed by atoms with Gasteiger partial charge in [-0.3, -0.25) is 52.7 Å². The molecule has 0 saturated carbocycles. The molecule has 2 heterocycles. The number of amides is 13. The van der Waals surface area contributed by atoms with E-state index in [1.807, 2.05) is 0 Å². The molecule has 38 heteroatoms. The predicted octanol–water partition coefficient (Wildman–Crippen LogP) is 4.63. The summed E-state index contributed by atoms with van der Waals surface area (Å²) in [7, 11) is 0. The van der Waals surface area contributed by atoms with Crippen molar-refractivity contribution in [2.75, 3.05) is 32.7 Å². The van der Waals surface area contributed by atoms with Crippen molar-refractivity contribution >= 4 is 107 Å². The fraction of sp³-hybridized carbons (Fsp3) is 0.602. The van der Waals surface area contributed by atoms with E-state index in [9.17, 15) is 67.7 Å². The van der Waals surface area contributed by atoms with Crippen LogP contribution in [0.4, 0.5) is 19.2 Å². The fourth-order valence-corrected chi connectivity index (χ4v) is 12.2. The van der Waals surface area contributed by atoms with Crippen LogP contribution in [-0.4, -0.2) is 226 Å². The minimum Gasteiger partial charge on any atom is -0.444 e. The summed E-state index contributed by atoms with van der Waals surface area (Å²) in [6, 6.07) is 3.16. The Labute approximate surface area is 710 Å². The molecule has 1 aliphatic heterocycles. The SMILES string of the molecule is CCC[C@H](NC(=O)c1ccnc(OC(=O)c2cccc(Cl)c2)c1)C(=O)N[C@H](C(=O)N[C@@H](CCNC(=O)OC(C)(C)C)C(=O)C[C@H]1CCNC(=O)[C@H](C(C)O)NC(=O)[C@H](CCNC(=O)OC(C)(C)C)CC(=O)[C@H](CCNC(=O)OC(C)(C)C)NC(=O)[C@H](CC(C)C)NC(=O)[C@@H](Cc2ccccc2)NC(=O)[C@H](CCNC(=O)OC(C)(C)C)NC1=O)C(C)O. The Balaban J connectivity index is 1.92. The number of benzene rings is 2. The van der Waals surface area contributed by atoms with Crippen molar-refractivity contribution in [3.05, 3.63) is 94.6 Å². The van der Waals surface area contributed by atoms with E-state index in [-0.39, 0.29) is 79.6 Å². The lowest BCUT2D eigenvalue weighted by Crippen LogP contribution is -2.59. The van der Waals surface area contributed by atoms with Crippen molar-refractivity contribution < 1.29 is 111 Å². The predicted molar refractivity (Wildman–Crippen MR) is 443 cm³/mol. The van der Waals surface area contributed by atoms with Crippen molar-refractivity contribution in [2.24, 2.45) is 17.8 Å². The Morgan fingerprint density at radius 3 is 1.58 bits per heavy atom. The zero-order valence-corrected chi connectivity index (χ0v) is 72.8. The molecule has 37 nitrogen and oxygen atoms in total. The van der Waals surface area contributed by atoms with Crippen LogP contribution in [0.2, 0.25) is 5.02 Å². The number of aromatic nitrogens is 1. The number of nitrogens with zero attached hydrogens (tertiary/aromatic N) is 1. The lowest BCUT2D eigenvalue weighted by Gasteiger charge is -2.29. The molecule has 13 amide bonds. The van der Waals surface area contributed by atoms with E-state index in [0.717, 1.165) is 19.9 Å². The second-order valence-corrected chi connectivity index (χ2v) is 34.3. The molecule has 670 valence electrons. The first kappa shape index (κ1) is 102. The number of aliphatic hydroxyl groups excluding tert-OH is 2. The number of ketones is 2. The molecule has 0 spiro atoms. The van der Waals surface area contributed by atoms with Gasteiger partial charge in [0.2, 0.25) is 53.1 Å². The first-order valence-electron chi connectivity index (χ1n) is 40.4. The molecule has 121 heavy (non-hydrogen) atoms. The number of hydrogen-bond acceptors (Lipinski definition) is 24. The van der Waals surface area contributed by atoms with Crippen molar-refractivity contribution in [3.63, 3.8) is 0 Å². The molecule has 2 aromatic carbocycles. The van der Waals surface area contributed by atoms with Gasteiger partial charge in [0.15, 0.2) is 11.6 Å². The minimum atomic E-state index is -1.92. The number of alkyl carbamates (subject to hydrolysis) is 4. The molecule has 12 atom stereocenters. The van der Waals surface area contributed by atoms with Crippen LogP contribution in [0.25, 0.3) is 0 Å². The summed E-state index contributed by atoms with van der Waals surface area (Å²) >= 11 is 6.06. The number of carbonyl (C=O) groups excluding carboxylic acids is 16. The number of ether oxygens (including phenoxy) is 5. The van der Waals surface area contributed by atoms with Crippen molar-refractivity contribution in [2.45, 2.75) is 271 Å². The quantitative estimate of drug-likeness (QED) is 0.0308. The van der Waals surface area contributed by atoms with Crippen LogP contribution >= 0.6 is 11.6 Å². The number of halogens is 1. The number of esters is 1. The van der Waals surface area contributed by atoms with Gasteiger partial charge in [0.1, 0.15) is 58.7 Å². The average Bonchev–Trinajstić information content (AvgIpc) is 1.18. The van der Waals surface area contributed by atoms with Gasteiger partial charge in [0.25, 0.3) is 5.91 Å². The number of hydrogen-bond donors (Lipinski definition) is 15. The maximum atomic E-state index is 15.5. The number of aliphatic hydroxyl groups is 2. The molecule has 1 aliphatic rings. The van der Waals surface area contributed by atoms with Crippen LogP contribution in [-0.2, 0) is 73.3 Å². The van der Waals surface area contributed by atoms with Gasteiger partial charge in [-0.05, 0) is 178 Å². The number of pyridine rings is 1. The molecule has 2 unspecified atom stereocenters. The largest absolute Gasteiger partial charge is 0.444 e. The molecular weight excluding hydrogens is 1600 g/mol. The highest BCUT2D eigenvalue weighted by Gasteiger charge is 2.40. The topological polar surface area (TPSA) is 529 Å². The summed E-state index contributed by atoms with van der Waals surface area (Å²) in [5.74, 6) is -15.8. The molecule has 3 aromatic rings. The molecular formula is C83H123ClN14O23. The van der Waals surface area contributed by atoms with Crippen molar-refractivity contribution in [3.8, 4) is 5.88 Å². The summed E-state index contributed by atoms with van der Waals surface area (Å²) in [4.78, 5) is 233. The minimum absolute atomic E-state index is 0.0473. The summed E-state index contributed by atoms with van der Waals surface area (Å²) in [5, 5.41) is 56.3. The molecule has 0 bridgehead atoms. The monoisotopic (exact) mass is 1720 g/mol. The lowest BCUT2D eigenvalue weighted by atomic mass is 9.92. The van der Waals surface area contributed by atoms with E-state index in [2.05, 4.69) is 74.1 Å². The zero-order valence-electron chi connectivity index (χ0n) is 72.0. The standard InChI is InChI=1S/C83H123ClN14O23/c1-18-23-57(93-67(104)52-28-34-85-63(45-52)117-75(112)53-26-22-27-54(84)42-53)70(107)98-65(48(5)100)74(111)92-56(32-38-89-78(115)120-82(12,13)14)62(102)43-50-29-35-86-73(110)64(47(4)99)97-68(105)51(30-36-87-76(113)118-80(6,7)8)44-61(101)55(31-37-88-77(114)119-81(9,10)11)91-71(108)59(40-46(2)3)95-72(109)60(41-49-24-20-19-21-25-49)96-69(106)58(94-66(50)103)33-39-90-79(116)121-83(15,16)17/h19-22,24-28,34,42,45-48,50-51,55-60,64-65,99-100H,18,23,29-33,35-41,43-44H2,1-17H3,(H,86,110)(H,87,113)(H,88,114)(H,89,115)(H,90,116)(H,91,108)(H,92,111)(H,93,104)(H,94,103)(H,95,109)(H,96,106)(H,97,105)(H,98,107)/t47?,48?,50-,51-,55+,56+,57+,58+,59+,60-,64+,65+/m1/s1. The number of carbonyl (C=O) groups is 16. The van der Waals surface area contributed by atoms with Gasteiger partial charge in [-0.2, -0.15) is 0 Å². The van der Waals surface area contributed by atoms with E-state index in [1.165, 1.54) is 30.5 Å². The van der Waals surface area contributed by atoms with Crippen LogP contribution in [0, 0.1) is 17.8 Å². The Bertz CT molecular complexity index is 4060. The number of Topliss-reactive ketones (excluding diaryl/α,β-unsaturated/α-hetero) is 2. The van der Waals surface area contributed by atoms with E-state index in [0.29, 0.717) is 5.56 Å². The number of rotatable bonds is 31.